The first-order chi connectivity index (χ1) is 12.7. The normalized spacial score (nSPS) is 10.2. The van der Waals surface area contributed by atoms with Crippen molar-refractivity contribution in [3.05, 3.63) is 48.5 Å². The Balaban J connectivity index is 1.88. The van der Waals surface area contributed by atoms with Gasteiger partial charge in [-0.3, -0.25) is 0 Å². The lowest BCUT2D eigenvalue weighted by Gasteiger charge is -2.11. The van der Waals surface area contributed by atoms with Crippen molar-refractivity contribution in [2.75, 3.05) is 23.8 Å². The molecule has 2 amide bonds. The quantitative estimate of drug-likeness (QED) is 0.538. The van der Waals surface area contributed by atoms with E-state index >= 15 is 0 Å². The minimum atomic E-state index is -0.304. The average Bonchev–Trinajstić information content (AvgIpc) is 2.63. The number of ether oxygens (including phenoxy) is 2. The van der Waals surface area contributed by atoms with Gasteiger partial charge in [0.2, 0.25) is 0 Å². The summed E-state index contributed by atoms with van der Waals surface area (Å²) in [7, 11) is 0. The molecular formula is C21H28N2O3. The molecule has 0 spiro atoms. The van der Waals surface area contributed by atoms with Crippen LogP contribution >= 0.6 is 0 Å². The zero-order valence-electron chi connectivity index (χ0n) is 15.6. The minimum Gasteiger partial charge on any atom is -0.494 e. The molecule has 0 saturated heterocycles. The molecular weight excluding hydrogens is 328 g/mol. The van der Waals surface area contributed by atoms with Crippen LogP contribution in [-0.2, 0) is 0 Å². The van der Waals surface area contributed by atoms with Crippen LogP contribution in [-0.4, -0.2) is 19.2 Å². The van der Waals surface area contributed by atoms with Gasteiger partial charge in [-0.15, -0.1) is 0 Å². The first-order valence-corrected chi connectivity index (χ1v) is 9.25. The molecule has 2 N–H and O–H groups in total. The lowest BCUT2D eigenvalue weighted by molar-refractivity contribution is 0.262. The van der Waals surface area contributed by atoms with E-state index in [2.05, 4.69) is 24.5 Å². The molecule has 0 heterocycles. The van der Waals surface area contributed by atoms with E-state index in [9.17, 15) is 4.79 Å². The van der Waals surface area contributed by atoms with Crippen LogP contribution in [0.25, 0.3) is 0 Å². The zero-order valence-corrected chi connectivity index (χ0v) is 15.6. The third kappa shape index (κ3) is 7.05. The molecule has 0 aliphatic heterocycles. The van der Waals surface area contributed by atoms with E-state index in [0.717, 1.165) is 37.2 Å². The van der Waals surface area contributed by atoms with E-state index in [4.69, 9.17) is 9.47 Å². The maximum Gasteiger partial charge on any atom is 0.323 e. The number of benzene rings is 2. The number of carbonyl (C=O) groups is 1. The Morgan fingerprint density at radius 2 is 1.27 bits per heavy atom. The van der Waals surface area contributed by atoms with Crippen LogP contribution < -0.4 is 20.1 Å². The predicted molar refractivity (Wildman–Crippen MR) is 106 cm³/mol. The smallest absolute Gasteiger partial charge is 0.323 e. The van der Waals surface area contributed by atoms with Crippen LogP contribution in [0.15, 0.2) is 48.5 Å². The number of anilines is 2. The van der Waals surface area contributed by atoms with Crippen molar-refractivity contribution < 1.29 is 14.3 Å². The van der Waals surface area contributed by atoms with Gasteiger partial charge in [-0.1, -0.05) is 38.8 Å². The minimum absolute atomic E-state index is 0.304. The van der Waals surface area contributed by atoms with Crippen LogP contribution in [0.1, 0.15) is 39.5 Å². The van der Waals surface area contributed by atoms with Crippen LogP contribution in [0.3, 0.4) is 0 Å². The van der Waals surface area contributed by atoms with Gasteiger partial charge in [0, 0.05) is 23.5 Å². The fraction of sp³-hybridized carbons (Fsp3) is 0.381. The predicted octanol–water partition coefficient (Wildman–Crippen LogP) is 5.69. The highest BCUT2D eigenvalue weighted by atomic mass is 16.5. The van der Waals surface area contributed by atoms with Crippen molar-refractivity contribution in [3.63, 3.8) is 0 Å². The summed E-state index contributed by atoms with van der Waals surface area (Å²) >= 11 is 0. The van der Waals surface area contributed by atoms with E-state index < -0.39 is 0 Å². The average molecular weight is 356 g/mol. The van der Waals surface area contributed by atoms with Crippen molar-refractivity contribution in [2.45, 2.75) is 39.5 Å². The highest BCUT2D eigenvalue weighted by Gasteiger charge is 2.05. The fourth-order valence-corrected chi connectivity index (χ4v) is 2.29. The summed E-state index contributed by atoms with van der Waals surface area (Å²) in [4.78, 5) is 12.2. The second-order valence-corrected chi connectivity index (χ2v) is 6.04. The van der Waals surface area contributed by atoms with Gasteiger partial charge in [0.25, 0.3) is 0 Å². The molecule has 2 aromatic rings. The molecule has 2 aromatic carbocycles. The molecule has 0 fully saturated rings. The Hall–Kier alpha value is -2.69. The van der Waals surface area contributed by atoms with E-state index in [0.29, 0.717) is 24.6 Å². The lowest BCUT2D eigenvalue weighted by Crippen LogP contribution is -2.19. The maximum atomic E-state index is 12.2. The maximum absolute atomic E-state index is 12.2. The Bertz CT molecular complexity index is 631. The van der Waals surface area contributed by atoms with Gasteiger partial charge in [-0.05, 0) is 37.1 Å². The molecule has 0 atom stereocenters. The molecule has 26 heavy (non-hydrogen) atoms. The number of hydrogen-bond acceptors (Lipinski definition) is 3. The summed E-state index contributed by atoms with van der Waals surface area (Å²) in [5.41, 5.74) is 1.37. The molecule has 0 aliphatic carbocycles. The van der Waals surface area contributed by atoms with Crippen molar-refractivity contribution in [1.29, 1.82) is 0 Å². The molecule has 0 bridgehead atoms. The molecule has 0 radical (unpaired) electrons. The van der Waals surface area contributed by atoms with Crippen LogP contribution in [0.5, 0.6) is 11.5 Å². The van der Waals surface area contributed by atoms with Crippen LogP contribution in [0.2, 0.25) is 0 Å². The number of unbranched alkanes of at least 4 members (excludes halogenated alkanes) is 2. The Kier molecular flexibility index (Phi) is 8.33. The van der Waals surface area contributed by atoms with Gasteiger partial charge in [0.15, 0.2) is 0 Å². The molecule has 0 saturated carbocycles. The molecule has 5 nitrogen and oxygen atoms in total. The number of urea groups is 1. The molecule has 0 unspecified atom stereocenters. The van der Waals surface area contributed by atoms with Gasteiger partial charge in [-0.25, -0.2) is 4.79 Å². The van der Waals surface area contributed by atoms with Gasteiger partial charge in [-0.2, -0.15) is 0 Å². The Labute approximate surface area is 155 Å². The lowest BCUT2D eigenvalue weighted by atomic mass is 10.3. The highest BCUT2D eigenvalue weighted by Crippen LogP contribution is 2.20. The van der Waals surface area contributed by atoms with Crippen molar-refractivity contribution in [1.82, 2.24) is 0 Å². The largest absolute Gasteiger partial charge is 0.494 e. The van der Waals surface area contributed by atoms with Crippen LogP contribution in [0.4, 0.5) is 16.2 Å². The summed E-state index contributed by atoms with van der Waals surface area (Å²) in [6.07, 6.45) is 4.19. The fourth-order valence-electron chi connectivity index (χ4n) is 2.29. The van der Waals surface area contributed by atoms with Gasteiger partial charge < -0.3 is 20.1 Å². The zero-order chi connectivity index (χ0) is 18.6. The number of amides is 2. The van der Waals surface area contributed by atoms with E-state index in [1.807, 2.05) is 48.5 Å². The second-order valence-electron chi connectivity index (χ2n) is 6.04. The summed E-state index contributed by atoms with van der Waals surface area (Å²) in [5.74, 6) is 1.50. The number of nitrogens with one attached hydrogen (secondary N) is 2. The topological polar surface area (TPSA) is 59.6 Å². The van der Waals surface area contributed by atoms with Gasteiger partial charge >= 0.3 is 6.03 Å². The van der Waals surface area contributed by atoms with Crippen LogP contribution in [0, 0.1) is 0 Å². The van der Waals surface area contributed by atoms with Crippen molar-refractivity contribution in [3.8, 4) is 11.5 Å². The number of carbonyl (C=O) groups excluding carboxylic acids is 1. The van der Waals surface area contributed by atoms with E-state index in [-0.39, 0.29) is 6.03 Å². The SMILES string of the molecule is CCCCOc1cccc(NC(=O)Nc2cccc(OCCCC)c2)c1. The molecule has 0 aromatic heterocycles. The molecule has 2 rings (SSSR count). The first kappa shape index (κ1) is 19.6. The van der Waals surface area contributed by atoms with E-state index in [1.54, 1.807) is 0 Å². The number of rotatable bonds is 10. The third-order valence-electron chi connectivity index (χ3n) is 3.72. The Morgan fingerprint density at radius 3 is 1.69 bits per heavy atom. The molecule has 5 heteroatoms. The van der Waals surface area contributed by atoms with Crippen molar-refractivity contribution >= 4 is 17.4 Å². The van der Waals surface area contributed by atoms with Crippen molar-refractivity contribution in [2.24, 2.45) is 0 Å². The Morgan fingerprint density at radius 1 is 0.808 bits per heavy atom. The van der Waals surface area contributed by atoms with Gasteiger partial charge in [0.05, 0.1) is 13.2 Å². The van der Waals surface area contributed by atoms with Gasteiger partial charge in [0.1, 0.15) is 11.5 Å². The standard InChI is InChI=1S/C21H28N2O3/c1-3-5-13-25-19-11-7-9-17(15-19)22-21(24)23-18-10-8-12-20(16-18)26-14-6-4-2/h7-12,15-16H,3-6,13-14H2,1-2H3,(H2,22,23,24). The first-order valence-electron chi connectivity index (χ1n) is 9.25. The summed E-state index contributed by atoms with van der Waals surface area (Å²) in [6, 6.07) is 14.5. The van der Waals surface area contributed by atoms with E-state index in [1.165, 1.54) is 0 Å². The molecule has 0 aliphatic rings. The summed E-state index contributed by atoms with van der Waals surface area (Å²) < 4.78 is 11.3. The summed E-state index contributed by atoms with van der Waals surface area (Å²) in [5, 5.41) is 5.64. The number of hydrogen-bond donors (Lipinski definition) is 2. The molecule has 140 valence electrons. The summed E-state index contributed by atoms with van der Waals surface area (Å²) in [6.45, 7) is 5.60. The second kappa shape index (κ2) is 11.0. The monoisotopic (exact) mass is 356 g/mol. The third-order valence-corrected chi connectivity index (χ3v) is 3.72. The highest BCUT2D eigenvalue weighted by molar-refractivity contribution is 5.99.